The van der Waals surface area contributed by atoms with E-state index in [1.165, 1.54) is 0 Å². The van der Waals surface area contributed by atoms with E-state index in [1.807, 2.05) is 48.5 Å². The lowest BCUT2D eigenvalue weighted by Crippen LogP contribution is -2.24. The summed E-state index contributed by atoms with van der Waals surface area (Å²) in [6.45, 7) is -0.111. The molecule has 8 heteroatoms. The van der Waals surface area contributed by atoms with E-state index in [-0.39, 0.29) is 12.3 Å². The summed E-state index contributed by atoms with van der Waals surface area (Å²) in [5, 5.41) is 2.60. The van der Waals surface area contributed by atoms with Crippen LogP contribution < -0.4 is 5.32 Å². The highest BCUT2D eigenvalue weighted by atomic mass is 32.2. The molecule has 0 bridgehead atoms. The molecule has 0 aliphatic rings. The van der Waals surface area contributed by atoms with E-state index in [4.69, 9.17) is 0 Å². The van der Waals surface area contributed by atoms with Crippen molar-refractivity contribution in [1.82, 2.24) is 4.40 Å². The fourth-order valence-corrected chi connectivity index (χ4v) is 3.52. The van der Waals surface area contributed by atoms with Crippen molar-refractivity contribution < 1.29 is 22.5 Å². The summed E-state index contributed by atoms with van der Waals surface area (Å²) in [4.78, 5) is 25.9. The number of amides is 1. The highest BCUT2D eigenvalue weighted by Crippen LogP contribution is 2.28. The molecule has 0 saturated carbocycles. The molecule has 2 aromatic heterocycles. The molecule has 1 amide bonds. The van der Waals surface area contributed by atoms with Crippen LogP contribution in [0.1, 0.15) is 16.1 Å². The second-order valence-corrected chi connectivity index (χ2v) is 7.36. The molecule has 0 fully saturated rings. The zero-order valence-electron chi connectivity index (χ0n) is 16.2. The van der Waals surface area contributed by atoms with Gasteiger partial charge in [0, 0.05) is 23.0 Å². The maximum atomic E-state index is 13.1. The Hall–Kier alpha value is -3.59. The number of rotatable bonds is 7. The number of anilines is 1. The Balaban J connectivity index is 1.61. The molecule has 0 saturated heterocycles. The van der Waals surface area contributed by atoms with E-state index in [2.05, 4.69) is 9.50 Å². The largest absolute Gasteiger partial charge is 0.750 e. The molecule has 31 heavy (non-hydrogen) atoms. The average Bonchev–Trinajstić information content (AvgIpc) is 3.18. The van der Waals surface area contributed by atoms with Gasteiger partial charge in [-0.1, -0.05) is 48.5 Å². The molecular formula is C23H17N2O5S-. The molecule has 4 aromatic rings. The third-order valence-corrected chi connectivity index (χ3v) is 5.03. The van der Waals surface area contributed by atoms with Crippen LogP contribution in [0.5, 0.6) is 0 Å². The predicted molar refractivity (Wildman–Crippen MR) is 116 cm³/mol. The number of pyridine rings is 1. The molecule has 1 atom stereocenters. The summed E-state index contributed by atoms with van der Waals surface area (Å²) in [5.74, 6) is -1.44. The minimum atomic E-state index is -2.60. The van der Waals surface area contributed by atoms with Crippen LogP contribution in [0.15, 0.2) is 85.1 Å². The number of carbonyl (C=O) groups is 2. The van der Waals surface area contributed by atoms with Gasteiger partial charge in [-0.3, -0.25) is 13.8 Å². The molecule has 0 spiro atoms. The number of benzene rings is 2. The van der Waals surface area contributed by atoms with Gasteiger partial charge in [0.2, 0.25) is 0 Å². The molecule has 156 valence electrons. The van der Waals surface area contributed by atoms with Crippen LogP contribution in [0.3, 0.4) is 0 Å². The first kappa shape index (κ1) is 20.7. The molecule has 0 aliphatic carbocycles. The van der Waals surface area contributed by atoms with Crippen LogP contribution >= 0.6 is 0 Å². The molecule has 1 N–H and O–H groups in total. The lowest BCUT2D eigenvalue weighted by Gasteiger charge is -2.09. The van der Waals surface area contributed by atoms with Gasteiger partial charge in [-0.05, 0) is 41.5 Å². The highest BCUT2D eigenvalue weighted by molar-refractivity contribution is 7.74. The van der Waals surface area contributed by atoms with Crippen LogP contribution in [0.4, 0.5) is 5.69 Å². The average molecular weight is 433 g/mol. The summed E-state index contributed by atoms with van der Waals surface area (Å²) in [6, 6.07) is 23.2. The number of hydrogen-bond acceptors (Lipinski definition) is 5. The fraction of sp³-hybridized carbons (Fsp3) is 0.0435. The van der Waals surface area contributed by atoms with Crippen LogP contribution in [0.2, 0.25) is 0 Å². The van der Waals surface area contributed by atoms with E-state index in [9.17, 15) is 18.4 Å². The van der Waals surface area contributed by atoms with Gasteiger partial charge in [-0.25, -0.2) is 4.21 Å². The van der Waals surface area contributed by atoms with E-state index in [0.717, 1.165) is 11.1 Å². The highest BCUT2D eigenvalue weighted by Gasteiger charge is 2.24. The quantitative estimate of drug-likeness (QED) is 0.272. The van der Waals surface area contributed by atoms with Crippen LogP contribution in [-0.4, -0.2) is 24.9 Å². The molecule has 4 rings (SSSR count). The van der Waals surface area contributed by atoms with Crippen molar-refractivity contribution in [1.29, 1.82) is 0 Å². The normalized spacial score (nSPS) is 11.9. The first-order valence-electron chi connectivity index (χ1n) is 9.35. The number of nitrogens with zero attached hydrogens (tertiary/aromatic N) is 1. The summed E-state index contributed by atoms with van der Waals surface area (Å²) in [5.41, 5.74) is 3.61. The summed E-state index contributed by atoms with van der Waals surface area (Å²) in [6.07, 6.45) is 1.75. The van der Waals surface area contributed by atoms with E-state index >= 15 is 0 Å². The van der Waals surface area contributed by atoms with E-state index in [0.29, 0.717) is 16.8 Å². The summed E-state index contributed by atoms with van der Waals surface area (Å²) >= 11 is -2.60. The van der Waals surface area contributed by atoms with Crippen LogP contribution in [-0.2, 0) is 26.9 Å². The van der Waals surface area contributed by atoms with Crippen molar-refractivity contribution in [2.24, 2.45) is 0 Å². The van der Waals surface area contributed by atoms with Crippen molar-refractivity contribution in [3.8, 4) is 11.1 Å². The summed E-state index contributed by atoms with van der Waals surface area (Å²) in [7, 11) is 0. The van der Waals surface area contributed by atoms with Gasteiger partial charge in [0.05, 0.1) is 18.0 Å². The third kappa shape index (κ3) is 4.61. The number of fused-ring (bicyclic) bond motifs is 1. The number of Topliss-reactive ketones (excluding diaryl/α,β-unsaturated/α-hetero) is 1. The zero-order chi connectivity index (χ0) is 21.8. The van der Waals surface area contributed by atoms with Crippen molar-refractivity contribution in [2.75, 3.05) is 5.32 Å². The van der Waals surface area contributed by atoms with Gasteiger partial charge in [-0.2, -0.15) is 0 Å². The number of hydrogen-bond donors (Lipinski definition) is 1. The Morgan fingerprint density at radius 1 is 0.968 bits per heavy atom. The Morgan fingerprint density at radius 2 is 1.68 bits per heavy atom. The lowest BCUT2D eigenvalue weighted by molar-refractivity contribution is -0.112. The Kier molecular flexibility index (Phi) is 6.03. The SMILES string of the molecule is O=C(Nc1ccc(COS(=O)[O-])cc1)C(=O)c1c(-c2ccccc2)cc2ccccn12. The monoisotopic (exact) mass is 433 g/mol. The zero-order valence-corrected chi connectivity index (χ0v) is 17.0. The molecule has 1 unspecified atom stereocenters. The lowest BCUT2D eigenvalue weighted by atomic mass is 10.0. The van der Waals surface area contributed by atoms with Gasteiger partial charge in [0.25, 0.3) is 11.7 Å². The number of aromatic nitrogens is 1. The Bertz CT molecular complexity index is 1270. The maximum absolute atomic E-state index is 13.1. The molecule has 0 aliphatic heterocycles. The first-order chi connectivity index (χ1) is 15.0. The fourth-order valence-electron chi connectivity index (χ4n) is 3.29. The molecule has 7 nitrogen and oxygen atoms in total. The minimum Gasteiger partial charge on any atom is -0.750 e. The first-order valence-corrected chi connectivity index (χ1v) is 10.4. The van der Waals surface area contributed by atoms with Gasteiger partial charge in [0.1, 0.15) is 5.69 Å². The molecular weight excluding hydrogens is 416 g/mol. The van der Waals surface area contributed by atoms with Crippen LogP contribution in [0, 0.1) is 0 Å². The standard InChI is InChI=1S/C23H18N2O5S/c26-22(23(27)24-18-11-9-16(10-12-18)15-30-31(28)29)21-20(17-6-2-1-3-7-17)14-19-8-4-5-13-25(19)21/h1-14H,15H2,(H,24,27)(H,28,29)/p-1. The second kappa shape index (κ2) is 9.05. The van der Waals surface area contributed by atoms with Gasteiger partial charge in [0.15, 0.2) is 0 Å². The third-order valence-electron chi connectivity index (χ3n) is 4.72. The number of ketones is 1. The van der Waals surface area contributed by atoms with Crippen molar-refractivity contribution in [2.45, 2.75) is 6.61 Å². The topological polar surface area (TPSA) is 99.9 Å². The molecule has 2 heterocycles. The van der Waals surface area contributed by atoms with Crippen molar-refractivity contribution >= 4 is 34.3 Å². The number of carbonyl (C=O) groups excluding carboxylic acids is 2. The van der Waals surface area contributed by atoms with Gasteiger partial charge in [-0.15, -0.1) is 0 Å². The van der Waals surface area contributed by atoms with Gasteiger partial charge < -0.3 is 14.3 Å². The van der Waals surface area contributed by atoms with E-state index < -0.39 is 23.1 Å². The second-order valence-electron chi connectivity index (χ2n) is 6.71. The molecule has 0 radical (unpaired) electrons. The van der Waals surface area contributed by atoms with Gasteiger partial charge >= 0.3 is 0 Å². The van der Waals surface area contributed by atoms with E-state index in [1.54, 1.807) is 40.9 Å². The Morgan fingerprint density at radius 3 is 2.39 bits per heavy atom. The minimum absolute atomic E-state index is 0.111. The molecule has 2 aromatic carbocycles. The predicted octanol–water partition coefficient (Wildman–Crippen LogP) is 3.74. The van der Waals surface area contributed by atoms with Crippen LogP contribution in [0.25, 0.3) is 16.6 Å². The maximum Gasteiger partial charge on any atom is 0.298 e. The van der Waals surface area contributed by atoms with Crippen molar-refractivity contribution in [3.05, 3.63) is 96.3 Å². The van der Waals surface area contributed by atoms with Crippen molar-refractivity contribution in [3.63, 3.8) is 0 Å². The smallest absolute Gasteiger partial charge is 0.298 e. The number of nitrogens with one attached hydrogen (secondary N) is 1. The summed E-state index contributed by atoms with van der Waals surface area (Å²) < 4.78 is 27.2. The Labute approximate surface area is 180 Å².